The van der Waals surface area contributed by atoms with Gasteiger partial charge >= 0.3 is 0 Å². The van der Waals surface area contributed by atoms with Crippen LogP contribution in [0.2, 0.25) is 0 Å². The van der Waals surface area contributed by atoms with Crippen LogP contribution in [0.1, 0.15) is 26.3 Å². The zero-order chi connectivity index (χ0) is 22.7. The molecule has 3 aromatic rings. The van der Waals surface area contributed by atoms with E-state index in [1.165, 1.54) is 12.0 Å². The fraction of sp³-hybridized carbons (Fsp3) is 0.160. The van der Waals surface area contributed by atoms with Gasteiger partial charge in [0.05, 0.1) is 13.7 Å². The van der Waals surface area contributed by atoms with E-state index in [2.05, 4.69) is 10.6 Å². The van der Waals surface area contributed by atoms with Gasteiger partial charge in [0.25, 0.3) is 17.7 Å². The maximum Gasteiger partial charge on any atom is 0.259 e. The molecule has 7 nitrogen and oxygen atoms in total. The van der Waals surface area contributed by atoms with E-state index < -0.39 is 11.4 Å². The summed E-state index contributed by atoms with van der Waals surface area (Å²) < 4.78 is 5.36. The van der Waals surface area contributed by atoms with Crippen LogP contribution in [0, 0.1) is 0 Å². The van der Waals surface area contributed by atoms with Gasteiger partial charge in [0.1, 0.15) is 5.75 Å². The molecular formula is C25H23N3O4. The molecule has 2 N–H and O–H groups in total. The molecule has 32 heavy (non-hydrogen) atoms. The average Bonchev–Trinajstić information content (AvgIpc) is 3.05. The number of methoxy groups -OCH3 is 1. The summed E-state index contributed by atoms with van der Waals surface area (Å²) in [6.07, 6.45) is 0. The Labute approximate surface area is 186 Å². The van der Waals surface area contributed by atoms with Crippen LogP contribution in [-0.4, -0.2) is 38.4 Å². The van der Waals surface area contributed by atoms with E-state index in [0.29, 0.717) is 28.1 Å². The molecule has 4 rings (SSSR count). The third-order valence-electron chi connectivity index (χ3n) is 5.61. The predicted molar refractivity (Wildman–Crippen MR) is 121 cm³/mol. The number of likely N-dealkylation sites (N-methyl/N-ethyl adjacent to an activating group) is 1. The number of hydrogen-bond donors (Lipinski definition) is 2. The molecule has 3 aromatic carbocycles. The van der Waals surface area contributed by atoms with E-state index in [4.69, 9.17) is 4.74 Å². The van der Waals surface area contributed by atoms with Crippen LogP contribution in [0.5, 0.6) is 5.75 Å². The summed E-state index contributed by atoms with van der Waals surface area (Å²) in [6.45, 7) is -0.122. The normalized spacial score (nSPS) is 16.9. The van der Waals surface area contributed by atoms with E-state index in [1.54, 1.807) is 79.8 Å². The molecule has 1 unspecified atom stereocenters. The first-order valence-electron chi connectivity index (χ1n) is 10.1. The van der Waals surface area contributed by atoms with Crippen molar-refractivity contribution in [1.82, 2.24) is 10.6 Å². The summed E-state index contributed by atoms with van der Waals surface area (Å²) in [5.41, 5.74) is 0.575. The monoisotopic (exact) mass is 429 g/mol. The minimum atomic E-state index is -1.49. The third kappa shape index (κ3) is 3.69. The molecule has 1 aliphatic heterocycles. The van der Waals surface area contributed by atoms with Crippen molar-refractivity contribution < 1.29 is 19.1 Å². The lowest BCUT2D eigenvalue weighted by molar-refractivity contribution is -0.123. The molecule has 162 valence electrons. The number of ether oxygens (including phenoxy) is 1. The van der Waals surface area contributed by atoms with Crippen molar-refractivity contribution in [2.45, 2.75) is 5.54 Å². The van der Waals surface area contributed by atoms with E-state index >= 15 is 0 Å². The Bertz CT molecular complexity index is 1160. The summed E-state index contributed by atoms with van der Waals surface area (Å²) in [6, 6.07) is 22.6. The summed E-state index contributed by atoms with van der Waals surface area (Å²) >= 11 is 0. The van der Waals surface area contributed by atoms with Gasteiger partial charge in [0, 0.05) is 29.4 Å². The number of carbonyl (C=O) groups excluding carboxylic acids is 3. The number of nitrogens with one attached hydrogen (secondary N) is 2. The van der Waals surface area contributed by atoms with Gasteiger partial charge in [-0.3, -0.25) is 14.4 Å². The smallest absolute Gasteiger partial charge is 0.259 e. The van der Waals surface area contributed by atoms with Crippen LogP contribution in [-0.2, 0) is 10.3 Å². The first-order chi connectivity index (χ1) is 15.5. The van der Waals surface area contributed by atoms with Crippen molar-refractivity contribution in [1.29, 1.82) is 0 Å². The lowest BCUT2D eigenvalue weighted by Crippen LogP contribution is -2.58. The second-order valence-electron chi connectivity index (χ2n) is 7.52. The van der Waals surface area contributed by atoms with Crippen molar-refractivity contribution in [3.63, 3.8) is 0 Å². The SMILES string of the molecule is COc1ccc2c(c1)C(CNC(=O)c1ccccc1)(NC(=O)c1ccccc1)C(=O)N2C. The molecule has 0 bridgehead atoms. The van der Waals surface area contributed by atoms with Gasteiger partial charge < -0.3 is 20.3 Å². The summed E-state index contributed by atoms with van der Waals surface area (Å²) in [7, 11) is 3.17. The van der Waals surface area contributed by atoms with Gasteiger partial charge in [-0.15, -0.1) is 0 Å². The maximum atomic E-state index is 13.5. The zero-order valence-electron chi connectivity index (χ0n) is 17.8. The van der Waals surface area contributed by atoms with Gasteiger partial charge in [-0.05, 0) is 42.5 Å². The summed E-state index contributed by atoms with van der Waals surface area (Å²) in [4.78, 5) is 40.9. The van der Waals surface area contributed by atoms with Crippen molar-refractivity contribution in [2.75, 3.05) is 25.6 Å². The fourth-order valence-electron chi connectivity index (χ4n) is 3.88. The largest absolute Gasteiger partial charge is 0.497 e. The van der Waals surface area contributed by atoms with Crippen LogP contribution >= 0.6 is 0 Å². The Hall–Kier alpha value is -4.13. The molecule has 0 saturated heterocycles. The van der Waals surface area contributed by atoms with E-state index in [1.807, 2.05) is 6.07 Å². The molecule has 0 spiro atoms. The highest BCUT2D eigenvalue weighted by Gasteiger charge is 2.51. The average molecular weight is 429 g/mol. The number of rotatable bonds is 6. The van der Waals surface area contributed by atoms with E-state index in [9.17, 15) is 14.4 Å². The Morgan fingerprint density at radius 2 is 1.50 bits per heavy atom. The second-order valence-corrected chi connectivity index (χ2v) is 7.52. The van der Waals surface area contributed by atoms with Crippen LogP contribution in [0.3, 0.4) is 0 Å². The number of amides is 3. The Balaban J connectivity index is 1.74. The highest BCUT2D eigenvalue weighted by atomic mass is 16.5. The number of carbonyl (C=O) groups is 3. The second kappa shape index (κ2) is 8.55. The predicted octanol–water partition coefficient (Wildman–Crippen LogP) is 2.73. The molecule has 1 heterocycles. The molecule has 0 saturated carbocycles. The van der Waals surface area contributed by atoms with Crippen molar-refractivity contribution >= 4 is 23.4 Å². The molecule has 3 amide bonds. The molecule has 1 aliphatic rings. The van der Waals surface area contributed by atoms with Crippen LogP contribution < -0.4 is 20.3 Å². The van der Waals surface area contributed by atoms with Gasteiger partial charge in [-0.25, -0.2) is 0 Å². The molecule has 0 fully saturated rings. The Morgan fingerprint density at radius 3 is 2.09 bits per heavy atom. The quantitative estimate of drug-likeness (QED) is 0.631. The summed E-state index contributed by atoms with van der Waals surface area (Å²) in [5.74, 6) is -0.569. The maximum absolute atomic E-state index is 13.5. The van der Waals surface area contributed by atoms with Gasteiger partial charge in [-0.2, -0.15) is 0 Å². The van der Waals surface area contributed by atoms with Crippen molar-refractivity contribution in [3.05, 3.63) is 95.6 Å². The molecule has 0 radical (unpaired) electrons. The zero-order valence-corrected chi connectivity index (χ0v) is 17.8. The molecule has 0 aromatic heterocycles. The number of nitrogens with zero attached hydrogens (tertiary/aromatic N) is 1. The number of anilines is 1. The summed E-state index contributed by atoms with van der Waals surface area (Å²) in [5, 5.41) is 5.73. The third-order valence-corrected chi connectivity index (χ3v) is 5.61. The van der Waals surface area contributed by atoms with Crippen molar-refractivity contribution in [3.8, 4) is 5.75 Å². The van der Waals surface area contributed by atoms with E-state index in [0.717, 1.165) is 0 Å². The molecule has 7 heteroatoms. The Morgan fingerprint density at radius 1 is 0.906 bits per heavy atom. The van der Waals surface area contributed by atoms with Crippen molar-refractivity contribution in [2.24, 2.45) is 0 Å². The minimum absolute atomic E-state index is 0.122. The topological polar surface area (TPSA) is 87.7 Å². The number of hydrogen-bond acceptors (Lipinski definition) is 4. The van der Waals surface area contributed by atoms with Gasteiger partial charge in [0.2, 0.25) is 0 Å². The van der Waals surface area contributed by atoms with Crippen LogP contribution in [0.25, 0.3) is 0 Å². The molecule has 1 atom stereocenters. The van der Waals surface area contributed by atoms with E-state index in [-0.39, 0.29) is 18.4 Å². The van der Waals surface area contributed by atoms with Gasteiger partial charge in [0.15, 0.2) is 5.54 Å². The highest BCUT2D eigenvalue weighted by molar-refractivity contribution is 6.11. The van der Waals surface area contributed by atoms with Crippen LogP contribution in [0.4, 0.5) is 5.69 Å². The standard InChI is InChI=1S/C25H23N3O4/c1-28-21-14-13-19(32-2)15-20(21)25(24(28)31,27-23(30)18-11-7-4-8-12-18)16-26-22(29)17-9-5-3-6-10-17/h3-15H,16H2,1-2H3,(H,26,29)(H,27,30). The van der Waals surface area contributed by atoms with Gasteiger partial charge in [-0.1, -0.05) is 36.4 Å². The lowest BCUT2D eigenvalue weighted by atomic mass is 9.90. The minimum Gasteiger partial charge on any atom is -0.497 e. The Kier molecular flexibility index (Phi) is 5.64. The number of benzene rings is 3. The van der Waals surface area contributed by atoms with Crippen LogP contribution in [0.15, 0.2) is 78.9 Å². The molecule has 0 aliphatic carbocycles. The number of fused-ring (bicyclic) bond motifs is 1. The first-order valence-corrected chi connectivity index (χ1v) is 10.1. The molecular weight excluding hydrogens is 406 g/mol. The highest BCUT2D eigenvalue weighted by Crippen LogP contribution is 2.41. The first kappa shape index (κ1) is 21.1. The fourth-order valence-corrected chi connectivity index (χ4v) is 3.88. The lowest BCUT2D eigenvalue weighted by Gasteiger charge is -2.30.